The van der Waals surface area contributed by atoms with Gasteiger partial charge in [0.15, 0.2) is 0 Å². The summed E-state index contributed by atoms with van der Waals surface area (Å²) < 4.78 is 4.77. The molecule has 1 aromatic rings. The lowest BCUT2D eigenvalue weighted by molar-refractivity contribution is -0.143. The van der Waals surface area contributed by atoms with Crippen LogP contribution in [0.5, 0.6) is 0 Å². The van der Waals surface area contributed by atoms with Crippen LogP contribution in [0.1, 0.15) is 12.5 Å². The van der Waals surface area contributed by atoms with Crippen molar-refractivity contribution in [1.82, 2.24) is 4.90 Å². The number of ether oxygens (including phenoxy) is 1. The predicted molar refractivity (Wildman–Crippen MR) is 63.1 cm³/mol. The van der Waals surface area contributed by atoms with E-state index in [4.69, 9.17) is 10.5 Å². The molecular weight excluding hydrogens is 220 g/mol. The number of hydrogen-bond donors (Lipinski definition) is 1. The zero-order chi connectivity index (χ0) is 12.7. The number of urea groups is 1. The van der Waals surface area contributed by atoms with E-state index in [0.717, 1.165) is 5.56 Å². The van der Waals surface area contributed by atoms with Crippen LogP contribution < -0.4 is 5.73 Å². The van der Waals surface area contributed by atoms with Gasteiger partial charge >= 0.3 is 12.0 Å². The lowest BCUT2D eigenvalue weighted by Crippen LogP contribution is -2.39. The van der Waals surface area contributed by atoms with Crippen molar-refractivity contribution < 1.29 is 14.3 Å². The highest BCUT2D eigenvalue weighted by molar-refractivity contribution is 5.79. The Morgan fingerprint density at radius 2 is 1.94 bits per heavy atom. The van der Waals surface area contributed by atoms with E-state index in [9.17, 15) is 9.59 Å². The lowest BCUT2D eigenvalue weighted by atomic mass is 10.2. The van der Waals surface area contributed by atoms with Crippen LogP contribution in [-0.2, 0) is 16.1 Å². The molecule has 0 fully saturated rings. The van der Waals surface area contributed by atoms with Crippen molar-refractivity contribution >= 4 is 12.0 Å². The molecular formula is C12H16N2O3. The first-order valence-electron chi connectivity index (χ1n) is 5.37. The topological polar surface area (TPSA) is 72.6 Å². The van der Waals surface area contributed by atoms with E-state index in [1.807, 2.05) is 30.3 Å². The number of carbonyl (C=O) groups excluding carboxylic acids is 2. The first-order chi connectivity index (χ1) is 8.13. The molecule has 0 aliphatic carbocycles. The van der Waals surface area contributed by atoms with Crippen molar-refractivity contribution in [2.75, 3.05) is 13.2 Å². The highest BCUT2D eigenvalue weighted by Crippen LogP contribution is 2.04. The first kappa shape index (κ1) is 13.0. The van der Waals surface area contributed by atoms with Gasteiger partial charge in [0, 0.05) is 6.54 Å². The number of carbonyl (C=O) groups is 2. The second-order valence-corrected chi connectivity index (χ2v) is 3.48. The number of primary amides is 1. The number of benzene rings is 1. The Morgan fingerprint density at radius 1 is 1.29 bits per heavy atom. The third kappa shape index (κ3) is 4.55. The Bertz CT molecular complexity index is 379. The highest BCUT2D eigenvalue weighted by Gasteiger charge is 2.15. The minimum absolute atomic E-state index is 0.127. The number of amides is 2. The van der Waals surface area contributed by atoms with Gasteiger partial charge in [-0.2, -0.15) is 0 Å². The molecule has 17 heavy (non-hydrogen) atoms. The second-order valence-electron chi connectivity index (χ2n) is 3.48. The minimum atomic E-state index is -0.637. The SMILES string of the molecule is CCOC(=O)CN(Cc1ccccc1)C(N)=O. The quantitative estimate of drug-likeness (QED) is 0.779. The van der Waals surface area contributed by atoms with Crippen molar-refractivity contribution in [2.45, 2.75) is 13.5 Å². The largest absolute Gasteiger partial charge is 0.465 e. The zero-order valence-corrected chi connectivity index (χ0v) is 9.76. The Hall–Kier alpha value is -2.04. The number of nitrogens with two attached hydrogens (primary N) is 1. The molecule has 0 bridgehead atoms. The normalized spacial score (nSPS) is 9.71. The lowest BCUT2D eigenvalue weighted by Gasteiger charge is -2.19. The third-order valence-corrected chi connectivity index (χ3v) is 2.15. The van der Waals surface area contributed by atoms with Crippen LogP contribution in [-0.4, -0.2) is 30.1 Å². The number of nitrogens with zero attached hydrogens (tertiary/aromatic N) is 1. The molecule has 0 unspecified atom stereocenters. The molecule has 0 aliphatic rings. The number of rotatable bonds is 5. The molecule has 92 valence electrons. The van der Waals surface area contributed by atoms with Crippen LogP contribution in [0.25, 0.3) is 0 Å². The average Bonchev–Trinajstić information content (AvgIpc) is 2.29. The fourth-order valence-corrected chi connectivity index (χ4v) is 1.38. The van der Waals surface area contributed by atoms with Gasteiger partial charge in [0.25, 0.3) is 0 Å². The molecule has 2 N–H and O–H groups in total. The monoisotopic (exact) mass is 236 g/mol. The van der Waals surface area contributed by atoms with E-state index in [0.29, 0.717) is 6.54 Å². The van der Waals surface area contributed by atoms with Gasteiger partial charge in [0.1, 0.15) is 6.54 Å². The van der Waals surface area contributed by atoms with Crippen LogP contribution in [0.15, 0.2) is 30.3 Å². The van der Waals surface area contributed by atoms with Crippen LogP contribution in [0, 0.1) is 0 Å². The average molecular weight is 236 g/mol. The molecule has 0 aliphatic heterocycles. The molecule has 0 radical (unpaired) electrons. The van der Waals surface area contributed by atoms with Gasteiger partial charge < -0.3 is 15.4 Å². The maximum atomic E-state index is 11.3. The molecule has 0 heterocycles. The van der Waals surface area contributed by atoms with Crippen molar-refractivity contribution in [2.24, 2.45) is 5.73 Å². The standard InChI is InChI=1S/C12H16N2O3/c1-2-17-11(15)9-14(12(13)16)8-10-6-4-3-5-7-10/h3-7H,2,8-9H2,1H3,(H2,13,16). The van der Waals surface area contributed by atoms with Crippen LogP contribution >= 0.6 is 0 Å². The summed E-state index contributed by atoms with van der Waals surface area (Å²) in [4.78, 5) is 23.7. The smallest absolute Gasteiger partial charge is 0.325 e. The van der Waals surface area contributed by atoms with E-state index >= 15 is 0 Å². The van der Waals surface area contributed by atoms with E-state index in [1.54, 1.807) is 6.92 Å². The fourth-order valence-electron chi connectivity index (χ4n) is 1.38. The van der Waals surface area contributed by atoms with Crippen LogP contribution in [0.3, 0.4) is 0 Å². The molecule has 5 nitrogen and oxygen atoms in total. The second kappa shape index (κ2) is 6.52. The number of hydrogen-bond acceptors (Lipinski definition) is 3. The molecule has 1 rings (SSSR count). The molecule has 2 amide bonds. The summed E-state index contributed by atoms with van der Waals surface area (Å²) in [6, 6.07) is 8.69. The van der Waals surface area contributed by atoms with Gasteiger partial charge in [0.05, 0.1) is 6.61 Å². The Balaban J connectivity index is 2.61. The van der Waals surface area contributed by atoms with Crippen molar-refractivity contribution in [3.8, 4) is 0 Å². The van der Waals surface area contributed by atoms with Gasteiger partial charge in [-0.3, -0.25) is 4.79 Å². The third-order valence-electron chi connectivity index (χ3n) is 2.15. The molecule has 0 saturated heterocycles. The van der Waals surface area contributed by atoms with Crippen LogP contribution in [0.4, 0.5) is 4.79 Å². The van der Waals surface area contributed by atoms with Gasteiger partial charge in [-0.1, -0.05) is 30.3 Å². The summed E-state index contributed by atoms with van der Waals surface area (Å²) in [5.41, 5.74) is 6.12. The van der Waals surface area contributed by atoms with Crippen LogP contribution in [0.2, 0.25) is 0 Å². The Labute approximate surface area is 100 Å². The summed E-state index contributed by atoms with van der Waals surface area (Å²) in [6.07, 6.45) is 0. The summed E-state index contributed by atoms with van der Waals surface area (Å²) in [6.45, 7) is 2.17. The molecule has 0 saturated carbocycles. The van der Waals surface area contributed by atoms with E-state index in [2.05, 4.69) is 0 Å². The van der Waals surface area contributed by atoms with E-state index in [-0.39, 0.29) is 13.2 Å². The summed E-state index contributed by atoms with van der Waals surface area (Å²) >= 11 is 0. The summed E-state index contributed by atoms with van der Waals surface area (Å²) in [5, 5.41) is 0. The zero-order valence-electron chi connectivity index (χ0n) is 9.76. The maximum absolute atomic E-state index is 11.3. The Kier molecular flexibility index (Phi) is 5.00. The predicted octanol–water partition coefficient (Wildman–Crippen LogP) is 1.13. The summed E-state index contributed by atoms with van der Waals surface area (Å²) in [7, 11) is 0. The molecule has 0 aromatic heterocycles. The van der Waals surface area contributed by atoms with Crippen molar-refractivity contribution in [1.29, 1.82) is 0 Å². The maximum Gasteiger partial charge on any atom is 0.325 e. The Morgan fingerprint density at radius 3 is 2.47 bits per heavy atom. The molecule has 0 atom stereocenters. The van der Waals surface area contributed by atoms with E-state index in [1.165, 1.54) is 4.90 Å². The summed E-state index contributed by atoms with van der Waals surface area (Å²) in [5.74, 6) is -0.456. The first-order valence-corrected chi connectivity index (χ1v) is 5.37. The van der Waals surface area contributed by atoms with E-state index < -0.39 is 12.0 Å². The van der Waals surface area contributed by atoms with Gasteiger partial charge in [-0.05, 0) is 12.5 Å². The van der Waals surface area contributed by atoms with Gasteiger partial charge in [-0.15, -0.1) is 0 Å². The molecule has 5 heteroatoms. The highest BCUT2D eigenvalue weighted by atomic mass is 16.5. The number of esters is 1. The fraction of sp³-hybridized carbons (Fsp3) is 0.333. The van der Waals surface area contributed by atoms with Gasteiger partial charge in [0.2, 0.25) is 0 Å². The molecule has 0 spiro atoms. The van der Waals surface area contributed by atoms with Crippen molar-refractivity contribution in [3.63, 3.8) is 0 Å². The minimum Gasteiger partial charge on any atom is -0.465 e. The molecule has 1 aromatic carbocycles. The van der Waals surface area contributed by atoms with Crippen molar-refractivity contribution in [3.05, 3.63) is 35.9 Å². The van der Waals surface area contributed by atoms with Gasteiger partial charge in [-0.25, -0.2) is 4.79 Å².